The van der Waals surface area contributed by atoms with Crippen molar-refractivity contribution in [3.8, 4) is 0 Å². The van der Waals surface area contributed by atoms with Crippen molar-refractivity contribution in [2.24, 2.45) is 17.6 Å². The molecule has 0 aromatic carbocycles. The van der Waals surface area contributed by atoms with Gasteiger partial charge in [-0.25, -0.2) is 0 Å². The Balaban J connectivity index is 2.51. The van der Waals surface area contributed by atoms with Crippen LogP contribution in [0.5, 0.6) is 0 Å². The molecule has 1 rings (SSSR count). The molecule has 1 unspecified atom stereocenters. The minimum Gasteiger partial charge on any atom is -0.341 e. The molecule has 0 aromatic rings. The lowest BCUT2D eigenvalue weighted by Crippen LogP contribution is -2.46. The summed E-state index contributed by atoms with van der Waals surface area (Å²) in [6.45, 7) is 8.06. The molecule has 0 bridgehead atoms. The van der Waals surface area contributed by atoms with Gasteiger partial charge in [0.15, 0.2) is 0 Å². The second-order valence-corrected chi connectivity index (χ2v) is 5.30. The number of nitrogens with zero attached hydrogens (tertiary/aromatic N) is 1. The van der Waals surface area contributed by atoms with Crippen LogP contribution in [0.4, 0.5) is 0 Å². The zero-order valence-electron chi connectivity index (χ0n) is 10.9. The predicted octanol–water partition coefficient (Wildman–Crippen LogP) is 2.01. The van der Waals surface area contributed by atoms with Gasteiger partial charge in [-0.05, 0) is 31.1 Å². The summed E-state index contributed by atoms with van der Waals surface area (Å²) >= 11 is 0. The molecule has 0 spiro atoms. The number of rotatable bonds is 3. The molecule has 1 aliphatic heterocycles. The molecule has 1 fully saturated rings. The largest absolute Gasteiger partial charge is 0.341 e. The number of hydrogen-bond acceptors (Lipinski definition) is 2. The second kappa shape index (κ2) is 6.24. The average Bonchev–Trinajstić information content (AvgIpc) is 2.51. The molecule has 0 radical (unpaired) electrons. The number of carbonyl (C=O) groups excluding carboxylic acids is 1. The van der Waals surface area contributed by atoms with Gasteiger partial charge in [-0.3, -0.25) is 4.79 Å². The highest BCUT2D eigenvalue weighted by Gasteiger charge is 2.25. The predicted molar refractivity (Wildman–Crippen MR) is 67.0 cm³/mol. The van der Waals surface area contributed by atoms with Gasteiger partial charge < -0.3 is 10.6 Å². The fraction of sp³-hybridized carbons (Fsp3) is 0.923. The Bertz CT molecular complexity index is 228. The van der Waals surface area contributed by atoms with Gasteiger partial charge in [-0.15, -0.1) is 0 Å². The quantitative estimate of drug-likeness (QED) is 0.800. The van der Waals surface area contributed by atoms with Crippen molar-refractivity contribution in [2.45, 2.75) is 52.5 Å². The van der Waals surface area contributed by atoms with Crippen LogP contribution in [0.15, 0.2) is 0 Å². The molecule has 94 valence electrons. The standard InChI is InChI=1S/C13H26N2O/c1-4-11-6-5-8-15(9-7-11)13(16)12(14)10(2)3/h10-12H,4-9,14H2,1-3H3/t11?,12-/m0/s1. The van der Waals surface area contributed by atoms with Gasteiger partial charge in [-0.1, -0.05) is 27.2 Å². The summed E-state index contributed by atoms with van der Waals surface area (Å²) in [4.78, 5) is 14.1. The summed E-state index contributed by atoms with van der Waals surface area (Å²) in [6, 6.07) is -0.321. The van der Waals surface area contributed by atoms with Gasteiger partial charge in [0.1, 0.15) is 0 Å². The summed E-state index contributed by atoms with van der Waals surface area (Å²) in [5.41, 5.74) is 5.92. The van der Waals surface area contributed by atoms with Crippen LogP contribution < -0.4 is 5.73 Å². The van der Waals surface area contributed by atoms with Gasteiger partial charge in [0, 0.05) is 13.1 Å². The van der Waals surface area contributed by atoms with Crippen molar-refractivity contribution >= 4 is 5.91 Å². The van der Waals surface area contributed by atoms with E-state index in [0.29, 0.717) is 0 Å². The molecule has 0 aliphatic carbocycles. The Kier molecular flexibility index (Phi) is 5.26. The monoisotopic (exact) mass is 226 g/mol. The number of amides is 1. The van der Waals surface area contributed by atoms with E-state index in [0.717, 1.165) is 31.8 Å². The first-order valence-electron chi connectivity index (χ1n) is 6.60. The smallest absolute Gasteiger partial charge is 0.239 e. The van der Waals surface area contributed by atoms with Crippen LogP contribution >= 0.6 is 0 Å². The number of nitrogens with two attached hydrogens (primary N) is 1. The molecule has 3 heteroatoms. The lowest BCUT2D eigenvalue weighted by atomic mass is 9.98. The molecule has 2 N–H and O–H groups in total. The van der Waals surface area contributed by atoms with Crippen molar-refractivity contribution in [1.29, 1.82) is 0 Å². The normalized spacial score (nSPS) is 24.3. The minimum atomic E-state index is -0.321. The first-order valence-corrected chi connectivity index (χ1v) is 6.60. The van der Waals surface area contributed by atoms with E-state index in [1.54, 1.807) is 0 Å². The SMILES string of the molecule is CCC1CCCN(C(=O)[C@@H](N)C(C)C)CC1. The van der Waals surface area contributed by atoms with Crippen LogP contribution in [0, 0.1) is 11.8 Å². The molecule has 0 aromatic heterocycles. The molecular formula is C13H26N2O. The van der Waals surface area contributed by atoms with Crippen LogP contribution in [-0.2, 0) is 4.79 Å². The minimum absolute atomic E-state index is 0.145. The molecule has 16 heavy (non-hydrogen) atoms. The summed E-state index contributed by atoms with van der Waals surface area (Å²) < 4.78 is 0. The molecular weight excluding hydrogens is 200 g/mol. The van der Waals surface area contributed by atoms with Crippen molar-refractivity contribution in [3.05, 3.63) is 0 Å². The molecule has 3 nitrogen and oxygen atoms in total. The van der Waals surface area contributed by atoms with Crippen LogP contribution in [0.2, 0.25) is 0 Å². The van der Waals surface area contributed by atoms with Crippen molar-refractivity contribution in [2.75, 3.05) is 13.1 Å². The van der Waals surface area contributed by atoms with E-state index in [9.17, 15) is 4.79 Å². The fourth-order valence-corrected chi connectivity index (χ4v) is 2.29. The van der Waals surface area contributed by atoms with Gasteiger partial charge >= 0.3 is 0 Å². The zero-order chi connectivity index (χ0) is 12.1. The maximum Gasteiger partial charge on any atom is 0.239 e. The second-order valence-electron chi connectivity index (χ2n) is 5.30. The van der Waals surface area contributed by atoms with Gasteiger partial charge in [0.05, 0.1) is 6.04 Å². The van der Waals surface area contributed by atoms with Crippen molar-refractivity contribution < 1.29 is 4.79 Å². The highest BCUT2D eigenvalue weighted by Crippen LogP contribution is 2.20. The van der Waals surface area contributed by atoms with Gasteiger partial charge in [0.25, 0.3) is 0 Å². The Morgan fingerprint density at radius 2 is 2.06 bits per heavy atom. The summed E-state index contributed by atoms with van der Waals surface area (Å²) in [7, 11) is 0. The van der Waals surface area contributed by atoms with E-state index >= 15 is 0 Å². The van der Waals surface area contributed by atoms with E-state index < -0.39 is 0 Å². The Hall–Kier alpha value is -0.570. The lowest BCUT2D eigenvalue weighted by molar-refractivity contribution is -0.133. The van der Waals surface area contributed by atoms with Crippen LogP contribution in [0.1, 0.15) is 46.5 Å². The number of carbonyl (C=O) groups is 1. The maximum absolute atomic E-state index is 12.1. The summed E-state index contributed by atoms with van der Waals surface area (Å²) in [5, 5.41) is 0. The van der Waals surface area contributed by atoms with E-state index in [4.69, 9.17) is 5.73 Å². The highest BCUT2D eigenvalue weighted by atomic mass is 16.2. The zero-order valence-corrected chi connectivity index (χ0v) is 10.9. The molecule has 2 atom stereocenters. The Morgan fingerprint density at radius 1 is 1.38 bits per heavy atom. The van der Waals surface area contributed by atoms with E-state index in [-0.39, 0.29) is 17.9 Å². The average molecular weight is 226 g/mol. The lowest BCUT2D eigenvalue weighted by Gasteiger charge is -2.26. The fourth-order valence-electron chi connectivity index (χ4n) is 2.29. The number of hydrogen-bond donors (Lipinski definition) is 1. The molecule has 1 saturated heterocycles. The van der Waals surface area contributed by atoms with Crippen LogP contribution in [0.25, 0.3) is 0 Å². The summed E-state index contributed by atoms with van der Waals surface area (Å²) in [6.07, 6.45) is 4.78. The first kappa shape index (κ1) is 13.5. The highest BCUT2D eigenvalue weighted by molar-refractivity contribution is 5.81. The van der Waals surface area contributed by atoms with Crippen molar-refractivity contribution in [1.82, 2.24) is 4.90 Å². The third-order valence-corrected chi connectivity index (χ3v) is 3.74. The molecule has 1 amide bonds. The Labute approximate surface area is 99.4 Å². The topological polar surface area (TPSA) is 46.3 Å². The maximum atomic E-state index is 12.1. The van der Waals surface area contributed by atoms with Gasteiger partial charge in [0.2, 0.25) is 5.91 Å². The molecule has 1 aliphatic rings. The van der Waals surface area contributed by atoms with Crippen LogP contribution in [-0.4, -0.2) is 29.9 Å². The molecule has 1 heterocycles. The third-order valence-electron chi connectivity index (χ3n) is 3.74. The first-order chi connectivity index (χ1) is 7.56. The molecule has 0 saturated carbocycles. The summed E-state index contributed by atoms with van der Waals surface area (Å²) in [5.74, 6) is 1.18. The van der Waals surface area contributed by atoms with E-state index in [1.165, 1.54) is 12.8 Å². The van der Waals surface area contributed by atoms with Crippen LogP contribution in [0.3, 0.4) is 0 Å². The van der Waals surface area contributed by atoms with E-state index in [1.807, 2.05) is 18.7 Å². The van der Waals surface area contributed by atoms with Gasteiger partial charge in [-0.2, -0.15) is 0 Å². The van der Waals surface area contributed by atoms with E-state index in [2.05, 4.69) is 6.92 Å². The van der Waals surface area contributed by atoms with Crippen molar-refractivity contribution in [3.63, 3.8) is 0 Å². The number of likely N-dealkylation sites (tertiary alicyclic amines) is 1. The third kappa shape index (κ3) is 3.48. The Morgan fingerprint density at radius 3 is 2.62 bits per heavy atom.